The maximum absolute atomic E-state index is 13.4. The van der Waals surface area contributed by atoms with Gasteiger partial charge < -0.3 is 9.64 Å². The van der Waals surface area contributed by atoms with Crippen molar-refractivity contribution < 1.29 is 19.1 Å². The van der Waals surface area contributed by atoms with Crippen molar-refractivity contribution in [2.24, 2.45) is 11.8 Å². The standard InChI is InChI=1S/C19H20N2O4S/c1-2-26-19-14-13(18(25-19)10-6-7-11-20(18)17(19)24)15(22)21(16(14)23)12-8-4-3-5-9-12/h3-5,8-9,13-14H,2,6-7,10-11H2,1H3/t13-,14+,18+,19+/m0/s1. The number of thioether (sulfide) groups is 1. The van der Waals surface area contributed by atoms with E-state index in [4.69, 9.17) is 4.74 Å². The van der Waals surface area contributed by atoms with Crippen LogP contribution in [0.5, 0.6) is 0 Å². The highest BCUT2D eigenvalue weighted by atomic mass is 32.2. The van der Waals surface area contributed by atoms with Crippen LogP contribution in [-0.4, -0.2) is 45.6 Å². The Kier molecular flexibility index (Phi) is 3.35. The number of amides is 3. The summed E-state index contributed by atoms with van der Waals surface area (Å²) in [5.41, 5.74) is -0.377. The van der Waals surface area contributed by atoms with E-state index in [0.717, 1.165) is 12.8 Å². The number of para-hydroxylation sites is 1. The lowest BCUT2D eigenvalue weighted by atomic mass is 9.76. The van der Waals surface area contributed by atoms with Crippen molar-refractivity contribution in [3.8, 4) is 0 Å². The first-order valence-corrected chi connectivity index (χ1v) is 10.1. The Morgan fingerprint density at radius 2 is 1.85 bits per heavy atom. The van der Waals surface area contributed by atoms with Gasteiger partial charge >= 0.3 is 0 Å². The number of piperidine rings is 2. The summed E-state index contributed by atoms with van der Waals surface area (Å²) in [5.74, 6) is -1.35. The first kappa shape index (κ1) is 16.3. The Balaban J connectivity index is 1.66. The van der Waals surface area contributed by atoms with Crippen LogP contribution in [0.4, 0.5) is 5.69 Å². The second kappa shape index (κ2) is 5.33. The maximum Gasteiger partial charge on any atom is 0.268 e. The summed E-state index contributed by atoms with van der Waals surface area (Å²) < 4.78 is 6.37. The number of nitrogens with zero attached hydrogens (tertiary/aromatic N) is 2. The van der Waals surface area contributed by atoms with Gasteiger partial charge in [-0.2, -0.15) is 0 Å². The summed E-state index contributed by atoms with van der Waals surface area (Å²) in [6.45, 7) is 2.55. The normalized spacial score (nSPS) is 38.1. The van der Waals surface area contributed by atoms with Crippen molar-refractivity contribution in [1.82, 2.24) is 4.90 Å². The highest BCUT2D eigenvalue weighted by Crippen LogP contribution is 2.65. The van der Waals surface area contributed by atoms with Crippen molar-refractivity contribution in [3.05, 3.63) is 30.3 Å². The minimum Gasteiger partial charge on any atom is -0.327 e. The number of imide groups is 1. The van der Waals surface area contributed by atoms with Crippen LogP contribution in [0.2, 0.25) is 0 Å². The predicted molar refractivity (Wildman–Crippen MR) is 96.2 cm³/mol. The number of ether oxygens (including phenoxy) is 1. The van der Waals surface area contributed by atoms with Gasteiger partial charge in [-0.15, -0.1) is 11.8 Å². The van der Waals surface area contributed by atoms with Crippen LogP contribution in [0.1, 0.15) is 26.2 Å². The maximum atomic E-state index is 13.4. The van der Waals surface area contributed by atoms with Crippen LogP contribution in [0.15, 0.2) is 30.3 Å². The molecule has 4 saturated heterocycles. The van der Waals surface area contributed by atoms with Crippen molar-refractivity contribution in [2.45, 2.75) is 36.8 Å². The van der Waals surface area contributed by atoms with Gasteiger partial charge in [-0.3, -0.25) is 14.4 Å². The minimum atomic E-state index is -1.25. The lowest BCUT2D eigenvalue weighted by Gasteiger charge is -2.43. The summed E-state index contributed by atoms with van der Waals surface area (Å²) in [7, 11) is 0. The Labute approximate surface area is 155 Å². The van der Waals surface area contributed by atoms with Gasteiger partial charge in [0.05, 0.1) is 5.69 Å². The Morgan fingerprint density at radius 3 is 2.58 bits per heavy atom. The number of benzene rings is 1. The third kappa shape index (κ3) is 1.71. The summed E-state index contributed by atoms with van der Waals surface area (Å²) in [5, 5.41) is 0. The molecule has 4 atom stereocenters. The molecule has 0 N–H and O–H groups in total. The summed E-state index contributed by atoms with van der Waals surface area (Å²) >= 11 is 1.36. The highest BCUT2D eigenvalue weighted by Gasteiger charge is 2.82. The topological polar surface area (TPSA) is 66.9 Å². The summed E-state index contributed by atoms with van der Waals surface area (Å²) in [6, 6.07) is 8.99. The average Bonchev–Trinajstić information content (AvgIpc) is 3.18. The van der Waals surface area contributed by atoms with Gasteiger partial charge in [-0.25, -0.2) is 4.90 Å². The summed E-state index contributed by atoms with van der Waals surface area (Å²) in [4.78, 5) is 41.7. The fraction of sp³-hybridized carbons (Fsp3) is 0.526. The van der Waals surface area contributed by atoms with Crippen LogP contribution in [0.25, 0.3) is 0 Å². The number of hydrogen-bond acceptors (Lipinski definition) is 5. The second-order valence-electron chi connectivity index (χ2n) is 7.26. The van der Waals surface area contributed by atoms with E-state index in [-0.39, 0.29) is 17.7 Å². The number of rotatable bonds is 3. The molecule has 3 amide bonds. The van der Waals surface area contributed by atoms with Gasteiger partial charge in [-0.05, 0) is 37.1 Å². The molecule has 0 aromatic heterocycles. The molecule has 0 radical (unpaired) electrons. The monoisotopic (exact) mass is 372 g/mol. The number of carbonyl (C=O) groups excluding carboxylic acids is 3. The molecule has 4 fully saturated rings. The number of anilines is 1. The highest BCUT2D eigenvalue weighted by molar-refractivity contribution is 8.01. The smallest absolute Gasteiger partial charge is 0.268 e. The zero-order valence-electron chi connectivity index (χ0n) is 14.5. The van der Waals surface area contributed by atoms with Gasteiger partial charge in [0.15, 0.2) is 5.72 Å². The number of carbonyl (C=O) groups is 3. The van der Waals surface area contributed by atoms with E-state index in [2.05, 4.69) is 0 Å². The quantitative estimate of drug-likeness (QED) is 0.759. The summed E-state index contributed by atoms with van der Waals surface area (Å²) in [6.07, 6.45) is 2.42. The SMILES string of the molecule is CCS[C@@]12O[C@]3(CCCCN3C1=O)[C@@H]1C(=O)N(c3ccccc3)C(=O)[C@@H]12. The van der Waals surface area contributed by atoms with Gasteiger partial charge in [0.25, 0.3) is 5.91 Å². The zero-order valence-corrected chi connectivity index (χ0v) is 15.3. The van der Waals surface area contributed by atoms with Crippen molar-refractivity contribution in [3.63, 3.8) is 0 Å². The molecule has 4 aliphatic rings. The molecule has 1 aromatic rings. The third-order valence-electron chi connectivity index (χ3n) is 6.07. The van der Waals surface area contributed by atoms with Crippen LogP contribution in [-0.2, 0) is 19.1 Å². The molecule has 2 bridgehead atoms. The molecule has 0 saturated carbocycles. The first-order valence-electron chi connectivity index (χ1n) is 9.16. The largest absolute Gasteiger partial charge is 0.327 e. The third-order valence-corrected chi connectivity index (χ3v) is 7.30. The number of fused-ring (bicyclic) bond motifs is 3. The Hall–Kier alpha value is -1.86. The molecule has 1 spiro atoms. The van der Waals surface area contributed by atoms with Gasteiger partial charge in [0.1, 0.15) is 11.8 Å². The van der Waals surface area contributed by atoms with Crippen molar-refractivity contribution in [1.29, 1.82) is 0 Å². The molecule has 0 aliphatic carbocycles. The van der Waals surface area contributed by atoms with Crippen LogP contribution in [0, 0.1) is 11.8 Å². The van der Waals surface area contributed by atoms with Crippen LogP contribution >= 0.6 is 11.8 Å². The van der Waals surface area contributed by atoms with Gasteiger partial charge in [0.2, 0.25) is 16.7 Å². The molecule has 6 nitrogen and oxygen atoms in total. The molecule has 4 heterocycles. The van der Waals surface area contributed by atoms with Crippen LogP contribution < -0.4 is 4.90 Å². The fourth-order valence-corrected chi connectivity index (χ4v) is 6.45. The first-order chi connectivity index (χ1) is 12.6. The molecule has 7 heteroatoms. The Morgan fingerprint density at radius 1 is 1.12 bits per heavy atom. The molecular weight excluding hydrogens is 352 g/mol. The zero-order chi connectivity index (χ0) is 18.1. The van der Waals surface area contributed by atoms with Gasteiger partial charge in [0, 0.05) is 6.54 Å². The molecule has 4 aliphatic heterocycles. The molecule has 5 rings (SSSR count). The molecule has 26 heavy (non-hydrogen) atoms. The van der Waals surface area contributed by atoms with E-state index in [0.29, 0.717) is 24.4 Å². The Bertz CT molecular complexity index is 815. The van der Waals surface area contributed by atoms with E-state index < -0.39 is 22.5 Å². The lowest BCUT2D eigenvalue weighted by Crippen LogP contribution is -2.61. The average molecular weight is 372 g/mol. The van der Waals surface area contributed by atoms with E-state index in [1.165, 1.54) is 16.7 Å². The number of hydrogen-bond donors (Lipinski definition) is 0. The van der Waals surface area contributed by atoms with Crippen LogP contribution in [0.3, 0.4) is 0 Å². The van der Waals surface area contributed by atoms with E-state index in [9.17, 15) is 14.4 Å². The van der Waals surface area contributed by atoms with Crippen molar-refractivity contribution >= 4 is 35.2 Å². The molecule has 1 aromatic carbocycles. The molecule has 136 valence electrons. The van der Waals surface area contributed by atoms with Gasteiger partial charge in [-0.1, -0.05) is 25.1 Å². The van der Waals surface area contributed by atoms with Crippen molar-refractivity contribution in [2.75, 3.05) is 17.2 Å². The minimum absolute atomic E-state index is 0.124. The van der Waals surface area contributed by atoms with E-state index in [1.807, 2.05) is 25.1 Å². The molecular formula is C19H20N2O4S. The predicted octanol–water partition coefficient (Wildman–Crippen LogP) is 1.99. The lowest BCUT2D eigenvalue weighted by molar-refractivity contribution is -0.155. The van der Waals surface area contributed by atoms with E-state index >= 15 is 0 Å². The van der Waals surface area contributed by atoms with E-state index in [1.54, 1.807) is 17.0 Å². The molecule has 0 unspecified atom stereocenters. The second-order valence-corrected chi connectivity index (χ2v) is 8.74. The fourth-order valence-electron chi connectivity index (χ4n) is 5.16.